The molecule has 2 aromatic rings. The van der Waals surface area contributed by atoms with Gasteiger partial charge in [0.05, 0.1) is 11.5 Å². The van der Waals surface area contributed by atoms with Gasteiger partial charge in [-0.1, -0.05) is 73.8 Å². The molecular formula is C22H24ClF3O. The van der Waals surface area contributed by atoms with E-state index in [0.29, 0.717) is 18.4 Å². The van der Waals surface area contributed by atoms with Crippen molar-refractivity contribution in [2.75, 3.05) is 0 Å². The lowest BCUT2D eigenvalue weighted by Gasteiger charge is -2.49. The van der Waals surface area contributed by atoms with Crippen LogP contribution in [0.15, 0.2) is 48.5 Å². The minimum Gasteiger partial charge on any atom is -0.392 e. The number of rotatable bonds is 5. The average Bonchev–Trinajstić information content (AvgIpc) is 2.62. The number of aliphatic hydroxyl groups is 1. The van der Waals surface area contributed by atoms with Crippen molar-refractivity contribution in [3.63, 3.8) is 0 Å². The lowest BCUT2D eigenvalue weighted by atomic mass is 9.58. The standard InChI is InChI=1S/C22H24ClF3O/c1-2-3-12-21(22(24,25)26)17(13-15-8-5-4-6-9-15)19(27)14-16-10-7-11-18(23)20(16)21/h4-11,17,19,27H,2-3,12-14H2,1H3. The average molecular weight is 397 g/mol. The molecule has 5 heteroatoms. The highest BCUT2D eigenvalue weighted by Crippen LogP contribution is 2.57. The van der Waals surface area contributed by atoms with Crippen LogP contribution >= 0.6 is 11.6 Å². The Morgan fingerprint density at radius 3 is 2.44 bits per heavy atom. The van der Waals surface area contributed by atoms with Gasteiger partial charge in [0.25, 0.3) is 0 Å². The topological polar surface area (TPSA) is 20.2 Å². The smallest absolute Gasteiger partial charge is 0.392 e. The summed E-state index contributed by atoms with van der Waals surface area (Å²) in [6, 6.07) is 13.9. The minimum atomic E-state index is -4.51. The number of aliphatic hydroxyl groups excluding tert-OH is 1. The number of alkyl halides is 3. The van der Waals surface area contributed by atoms with Crippen LogP contribution in [0.1, 0.15) is 42.9 Å². The van der Waals surface area contributed by atoms with Gasteiger partial charge in [-0.3, -0.25) is 0 Å². The van der Waals surface area contributed by atoms with E-state index in [-0.39, 0.29) is 29.8 Å². The fourth-order valence-corrected chi connectivity index (χ4v) is 4.92. The molecule has 1 nitrogen and oxygen atoms in total. The Balaban J connectivity index is 2.21. The molecule has 0 saturated carbocycles. The Morgan fingerprint density at radius 1 is 1.11 bits per heavy atom. The highest BCUT2D eigenvalue weighted by molar-refractivity contribution is 6.31. The molecule has 27 heavy (non-hydrogen) atoms. The highest BCUT2D eigenvalue weighted by atomic mass is 35.5. The van der Waals surface area contributed by atoms with Crippen LogP contribution in [0.3, 0.4) is 0 Å². The summed E-state index contributed by atoms with van der Waals surface area (Å²) in [5.41, 5.74) is -0.682. The summed E-state index contributed by atoms with van der Waals surface area (Å²) in [6.07, 6.45) is -4.24. The third-order valence-electron chi connectivity index (χ3n) is 5.80. The lowest BCUT2D eigenvalue weighted by molar-refractivity contribution is -0.223. The first-order chi connectivity index (χ1) is 12.8. The van der Waals surface area contributed by atoms with E-state index in [4.69, 9.17) is 11.6 Å². The molecule has 146 valence electrons. The second-order valence-corrected chi connectivity index (χ2v) is 7.82. The van der Waals surface area contributed by atoms with Crippen LogP contribution < -0.4 is 0 Å². The third-order valence-corrected chi connectivity index (χ3v) is 6.12. The Bertz CT molecular complexity index is 775. The summed E-state index contributed by atoms with van der Waals surface area (Å²) in [4.78, 5) is 0. The third kappa shape index (κ3) is 3.62. The van der Waals surface area contributed by atoms with E-state index in [1.807, 2.05) is 37.3 Å². The Kier molecular flexibility index (Phi) is 5.87. The zero-order valence-corrected chi connectivity index (χ0v) is 16.0. The maximum Gasteiger partial charge on any atom is 0.398 e. The molecule has 0 spiro atoms. The number of halogens is 4. The highest BCUT2D eigenvalue weighted by Gasteiger charge is 2.63. The molecule has 2 aromatic carbocycles. The zero-order chi connectivity index (χ0) is 19.7. The minimum absolute atomic E-state index is 0.0711. The van der Waals surface area contributed by atoms with E-state index in [2.05, 4.69) is 0 Å². The van der Waals surface area contributed by atoms with Gasteiger partial charge < -0.3 is 5.11 Å². The molecule has 3 atom stereocenters. The number of hydrogen-bond acceptors (Lipinski definition) is 1. The number of hydrogen-bond donors (Lipinski definition) is 1. The van der Waals surface area contributed by atoms with Crippen LogP contribution in [0.25, 0.3) is 0 Å². The normalized spacial score (nSPS) is 25.3. The van der Waals surface area contributed by atoms with Crippen LogP contribution in [0.4, 0.5) is 13.2 Å². The Hall–Kier alpha value is -1.52. The number of unbranched alkanes of at least 4 members (excludes halogenated alkanes) is 1. The van der Waals surface area contributed by atoms with Crippen LogP contribution in [0, 0.1) is 5.92 Å². The van der Waals surface area contributed by atoms with Gasteiger partial charge in [-0.05, 0) is 42.0 Å². The van der Waals surface area contributed by atoms with Gasteiger partial charge in [-0.25, -0.2) is 0 Å². The SMILES string of the molecule is CCCCC1(C(F)(F)F)c2c(Cl)cccc2CC(O)C1Cc1ccccc1. The number of benzene rings is 2. The van der Waals surface area contributed by atoms with Crippen molar-refractivity contribution < 1.29 is 18.3 Å². The molecular weight excluding hydrogens is 373 g/mol. The van der Waals surface area contributed by atoms with Gasteiger partial charge >= 0.3 is 6.18 Å². The van der Waals surface area contributed by atoms with Crippen molar-refractivity contribution in [1.29, 1.82) is 0 Å². The van der Waals surface area contributed by atoms with Gasteiger partial charge in [0.15, 0.2) is 0 Å². The van der Waals surface area contributed by atoms with Crippen molar-refractivity contribution in [3.05, 3.63) is 70.2 Å². The van der Waals surface area contributed by atoms with Gasteiger partial charge in [0, 0.05) is 10.9 Å². The molecule has 0 radical (unpaired) electrons. The summed E-state index contributed by atoms with van der Waals surface area (Å²) in [5.74, 6) is -0.973. The first kappa shape index (κ1) is 20.2. The molecule has 0 aromatic heterocycles. The predicted octanol–water partition coefficient (Wildman–Crippen LogP) is 6.11. The molecule has 0 bridgehead atoms. The monoisotopic (exact) mass is 396 g/mol. The van der Waals surface area contributed by atoms with E-state index in [1.54, 1.807) is 12.1 Å². The molecule has 0 saturated heterocycles. The largest absolute Gasteiger partial charge is 0.398 e. The van der Waals surface area contributed by atoms with E-state index >= 15 is 0 Å². The molecule has 0 heterocycles. The molecule has 0 fully saturated rings. The molecule has 0 amide bonds. The first-order valence-electron chi connectivity index (χ1n) is 9.38. The van der Waals surface area contributed by atoms with Crippen LogP contribution in [-0.4, -0.2) is 17.4 Å². The molecule has 1 aliphatic carbocycles. The van der Waals surface area contributed by atoms with Crippen LogP contribution in [0.2, 0.25) is 5.02 Å². The summed E-state index contributed by atoms with van der Waals surface area (Å²) < 4.78 is 44.2. The quantitative estimate of drug-likeness (QED) is 0.646. The summed E-state index contributed by atoms with van der Waals surface area (Å²) in [5, 5.41) is 11.0. The van der Waals surface area contributed by atoms with E-state index in [0.717, 1.165) is 5.56 Å². The first-order valence-corrected chi connectivity index (χ1v) is 9.75. The fraction of sp³-hybridized carbons (Fsp3) is 0.455. The van der Waals surface area contributed by atoms with Gasteiger partial charge in [0.2, 0.25) is 0 Å². The van der Waals surface area contributed by atoms with Crippen molar-refractivity contribution >= 4 is 11.6 Å². The van der Waals surface area contributed by atoms with E-state index in [1.165, 1.54) is 6.07 Å². The molecule has 1 N–H and O–H groups in total. The molecule has 3 unspecified atom stereocenters. The fourth-order valence-electron chi connectivity index (χ4n) is 4.56. The van der Waals surface area contributed by atoms with E-state index in [9.17, 15) is 18.3 Å². The van der Waals surface area contributed by atoms with Gasteiger partial charge in [0.1, 0.15) is 0 Å². The molecule has 0 aliphatic heterocycles. The predicted molar refractivity (Wildman–Crippen MR) is 102 cm³/mol. The van der Waals surface area contributed by atoms with Crippen molar-refractivity contribution in [2.24, 2.45) is 5.92 Å². The number of fused-ring (bicyclic) bond motifs is 1. The van der Waals surface area contributed by atoms with Crippen molar-refractivity contribution in [3.8, 4) is 0 Å². The summed E-state index contributed by atoms with van der Waals surface area (Å²) in [6.45, 7) is 1.88. The van der Waals surface area contributed by atoms with Crippen molar-refractivity contribution in [1.82, 2.24) is 0 Å². The van der Waals surface area contributed by atoms with Crippen molar-refractivity contribution in [2.45, 2.75) is 56.7 Å². The Morgan fingerprint density at radius 2 is 1.81 bits per heavy atom. The van der Waals surface area contributed by atoms with Gasteiger partial charge in [-0.2, -0.15) is 13.2 Å². The molecule has 1 aliphatic rings. The second kappa shape index (κ2) is 7.84. The molecule has 3 rings (SSSR count). The Labute approximate surface area is 163 Å². The maximum atomic E-state index is 14.7. The second-order valence-electron chi connectivity index (χ2n) is 7.41. The van der Waals surface area contributed by atoms with E-state index < -0.39 is 23.6 Å². The maximum absolute atomic E-state index is 14.7. The van der Waals surface area contributed by atoms with Crippen LogP contribution in [-0.2, 0) is 18.3 Å². The van der Waals surface area contributed by atoms with Crippen LogP contribution in [0.5, 0.6) is 0 Å². The summed E-state index contributed by atoms with van der Waals surface area (Å²) >= 11 is 6.35. The van der Waals surface area contributed by atoms with Gasteiger partial charge in [-0.15, -0.1) is 0 Å². The zero-order valence-electron chi connectivity index (χ0n) is 15.3. The lowest BCUT2D eigenvalue weighted by Crippen LogP contribution is -2.56. The summed E-state index contributed by atoms with van der Waals surface area (Å²) in [7, 11) is 0.